The zero-order valence-corrected chi connectivity index (χ0v) is 13.5. The second kappa shape index (κ2) is 7.36. The predicted molar refractivity (Wildman–Crippen MR) is 93.5 cm³/mol. The molecular weight excluding hydrogens is 292 g/mol. The number of aromatic amines is 1. The molecule has 0 saturated heterocycles. The molecule has 1 N–H and O–H groups in total. The van der Waals surface area contributed by atoms with Gasteiger partial charge in [-0.3, -0.25) is 0 Å². The number of nitrogens with zero attached hydrogens (tertiary/aromatic N) is 1. The van der Waals surface area contributed by atoms with Gasteiger partial charge < -0.3 is 9.72 Å². The van der Waals surface area contributed by atoms with E-state index in [0.29, 0.717) is 0 Å². The summed E-state index contributed by atoms with van der Waals surface area (Å²) in [5.74, 6) is 3.99. The molecule has 0 aliphatic rings. The van der Waals surface area contributed by atoms with Gasteiger partial charge in [0, 0.05) is 0 Å². The van der Waals surface area contributed by atoms with Gasteiger partial charge in [0.25, 0.3) is 0 Å². The molecule has 1 heterocycles. The third-order valence-corrected chi connectivity index (χ3v) is 4.45. The third kappa shape index (κ3) is 4.04. The highest BCUT2D eigenvalue weighted by Gasteiger charge is 2.01. The van der Waals surface area contributed by atoms with Crippen molar-refractivity contribution >= 4 is 22.8 Å². The van der Waals surface area contributed by atoms with Gasteiger partial charge in [0.1, 0.15) is 11.6 Å². The average molecular weight is 312 g/mol. The highest BCUT2D eigenvalue weighted by atomic mass is 32.2. The highest BCUT2D eigenvalue weighted by Crippen LogP contribution is 2.16. The molecule has 22 heavy (non-hydrogen) atoms. The van der Waals surface area contributed by atoms with E-state index < -0.39 is 0 Å². The number of benzene rings is 2. The van der Waals surface area contributed by atoms with E-state index >= 15 is 0 Å². The minimum atomic E-state index is 0.760. The van der Waals surface area contributed by atoms with Crippen molar-refractivity contribution in [1.82, 2.24) is 9.97 Å². The molecule has 3 aromatic rings. The van der Waals surface area contributed by atoms with Crippen molar-refractivity contribution in [2.75, 3.05) is 12.4 Å². The molecule has 0 radical (unpaired) electrons. The highest BCUT2D eigenvalue weighted by molar-refractivity contribution is 7.98. The Bertz CT molecular complexity index is 688. The third-order valence-electron chi connectivity index (χ3n) is 3.40. The summed E-state index contributed by atoms with van der Waals surface area (Å²) in [6, 6.07) is 16.3. The van der Waals surface area contributed by atoms with E-state index in [4.69, 9.17) is 4.74 Å². The Morgan fingerprint density at radius 3 is 2.73 bits per heavy atom. The normalized spacial score (nSPS) is 11.0. The lowest BCUT2D eigenvalue weighted by atomic mass is 10.2. The first-order valence-electron chi connectivity index (χ1n) is 7.52. The van der Waals surface area contributed by atoms with Crippen molar-refractivity contribution in [3.8, 4) is 5.75 Å². The summed E-state index contributed by atoms with van der Waals surface area (Å²) in [5.41, 5.74) is 3.41. The first-order valence-corrected chi connectivity index (χ1v) is 8.67. The molecule has 3 nitrogen and oxygen atoms in total. The lowest BCUT2D eigenvalue weighted by Gasteiger charge is -2.05. The van der Waals surface area contributed by atoms with Crippen LogP contribution in [0.15, 0.2) is 48.5 Å². The van der Waals surface area contributed by atoms with Gasteiger partial charge in [0.15, 0.2) is 0 Å². The number of aromatic nitrogens is 2. The van der Waals surface area contributed by atoms with E-state index in [1.54, 1.807) is 0 Å². The number of aryl methyl sites for hydroxylation is 1. The fraction of sp³-hybridized carbons (Fsp3) is 0.278. The number of nitrogens with one attached hydrogen (secondary N) is 1. The minimum absolute atomic E-state index is 0.760. The average Bonchev–Trinajstić information content (AvgIpc) is 2.95. The molecule has 0 atom stereocenters. The summed E-state index contributed by atoms with van der Waals surface area (Å²) < 4.78 is 5.72. The fourth-order valence-corrected chi connectivity index (χ4v) is 3.02. The summed E-state index contributed by atoms with van der Waals surface area (Å²) in [6.07, 6.45) is 1.04. The number of thioether (sulfide) groups is 1. The summed E-state index contributed by atoms with van der Waals surface area (Å²) in [5, 5.41) is 0. The van der Waals surface area contributed by atoms with Crippen LogP contribution in [0, 0.1) is 6.92 Å². The van der Waals surface area contributed by atoms with Crippen LogP contribution in [0.2, 0.25) is 0 Å². The van der Waals surface area contributed by atoms with E-state index in [9.17, 15) is 0 Å². The SMILES string of the molecule is Cc1ccc(OCCCSCc2nc3ccccc3[nH]2)cc1. The van der Waals surface area contributed by atoms with Crippen molar-refractivity contribution < 1.29 is 4.74 Å². The van der Waals surface area contributed by atoms with Crippen LogP contribution in [0.25, 0.3) is 11.0 Å². The zero-order valence-electron chi connectivity index (χ0n) is 12.7. The number of hydrogen-bond acceptors (Lipinski definition) is 3. The van der Waals surface area contributed by atoms with Crippen molar-refractivity contribution in [3.63, 3.8) is 0 Å². The molecule has 0 aliphatic heterocycles. The molecule has 0 spiro atoms. The molecule has 0 amide bonds. The van der Waals surface area contributed by atoms with Crippen molar-refractivity contribution in [3.05, 3.63) is 59.9 Å². The van der Waals surface area contributed by atoms with Crippen LogP contribution in [0.4, 0.5) is 0 Å². The Labute approximate surface area is 135 Å². The molecule has 4 heteroatoms. The molecular formula is C18H20N2OS. The summed E-state index contributed by atoms with van der Waals surface area (Å²) >= 11 is 1.89. The first kappa shape index (κ1) is 15.0. The maximum atomic E-state index is 5.72. The first-order chi connectivity index (χ1) is 10.8. The van der Waals surface area contributed by atoms with E-state index in [-0.39, 0.29) is 0 Å². The molecule has 3 rings (SSSR count). The predicted octanol–water partition coefficient (Wildman–Crippen LogP) is 4.57. The minimum Gasteiger partial charge on any atom is -0.494 e. The molecule has 0 saturated carbocycles. The van der Waals surface area contributed by atoms with Crippen LogP contribution in [0.5, 0.6) is 5.75 Å². The van der Waals surface area contributed by atoms with Crippen LogP contribution >= 0.6 is 11.8 Å². The lowest BCUT2D eigenvalue weighted by Crippen LogP contribution is -1.99. The Morgan fingerprint density at radius 1 is 1.09 bits per heavy atom. The van der Waals surface area contributed by atoms with E-state index in [1.165, 1.54) is 5.56 Å². The number of fused-ring (bicyclic) bond motifs is 1. The van der Waals surface area contributed by atoms with Gasteiger partial charge >= 0.3 is 0 Å². The number of para-hydroxylation sites is 2. The molecule has 2 aromatic carbocycles. The number of ether oxygens (including phenoxy) is 1. The largest absolute Gasteiger partial charge is 0.494 e. The second-order valence-corrected chi connectivity index (χ2v) is 6.37. The van der Waals surface area contributed by atoms with Crippen LogP contribution in [0.3, 0.4) is 0 Å². The number of imidazole rings is 1. The summed E-state index contributed by atoms with van der Waals surface area (Å²) in [4.78, 5) is 7.93. The van der Waals surface area contributed by atoms with Crippen molar-refractivity contribution in [2.45, 2.75) is 19.1 Å². The Balaban J connectivity index is 1.36. The van der Waals surface area contributed by atoms with Gasteiger partial charge in [0.05, 0.1) is 23.4 Å². The zero-order chi connectivity index (χ0) is 15.2. The monoisotopic (exact) mass is 312 g/mol. The van der Waals surface area contributed by atoms with Gasteiger partial charge in [-0.15, -0.1) is 0 Å². The van der Waals surface area contributed by atoms with Crippen LogP contribution < -0.4 is 4.74 Å². The molecule has 0 unspecified atom stereocenters. The standard InChI is InChI=1S/C18H20N2OS/c1-14-7-9-15(10-8-14)21-11-4-12-22-13-18-19-16-5-2-3-6-17(16)20-18/h2-3,5-10H,4,11-13H2,1H3,(H,19,20). The van der Waals surface area contributed by atoms with E-state index in [2.05, 4.69) is 35.1 Å². The number of H-pyrrole nitrogens is 1. The van der Waals surface area contributed by atoms with Gasteiger partial charge in [-0.2, -0.15) is 11.8 Å². The van der Waals surface area contributed by atoms with Gasteiger partial charge in [0.2, 0.25) is 0 Å². The second-order valence-electron chi connectivity index (χ2n) is 5.27. The van der Waals surface area contributed by atoms with E-state index in [0.717, 1.165) is 47.1 Å². The molecule has 0 bridgehead atoms. The van der Waals surface area contributed by atoms with E-state index in [1.807, 2.05) is 42.1 Å². The lowest BCUT2D eigenvalue weighted by molar-refractivity contribution is 0.318. The molecule has 114 valence electrons. The fourth-order valence-electron chi connectivity index (χ4n) is 2.23. The van der Waals surface area contributed by atoms with Crippen molar-refractivity contribution in [1.29, 1.82) is 0 Å². The summed E-state index contributed by atoms with van der Waals surface area (Å²) in [7, 11) is 0. The quantitative estimate of drug-likeness (QED) is 0.649. The van der Waals surface area contributed by atoms with Crippen LogP contribution in [-0.4, -0.2) is 22.3 Å². The maximum Gasteiger partial charge on any atom is 0.119 e. The number of hydrogen-bond donors (Lipinski definition) is 1. The van der Waals surface area contributed by atoms with Crippen molar-refractivity contribution in [2.24, 2.45) is 0 Å². The van der Waals surface area contributed by atoms with Gasteiger partial charge in [-0.1, -0.05) is 29.8 Å². The summed E-state index contributed by atoms with van der Waals surface area (Å²) in [6.45, 7) is 2.84. The Morgan fingerprint density at radius 2 is 1.91 bits per heavy atom. The maximum absolute atomic E-state index is 5.72. The van der Waals surface area contributed by atoms with Gasteiger partial charge in [-0.05, 0) is 43.4 Å². The smallest absolute Gasteiger partial charge is 0.119 e. The number of rotatable bonds is 7. The molecule has 0 fully saturated rings. The Hall–Kier alpha value is -1.94. The van der Waals surface area contributed by atoms with Gasteiger partial charge in [-0.25, -0.2) is 4.98 Å². The Kier molecular flexibility index (Phi) is 5.01. The van der Waals surface area contributed by atoms with Crippen LogP contribution in [-0.2, 0) is 5.75 Å². The molecule has 0 aliphatic carbocycles. The molecule has 1 aromatic heterocycles. The van der Waals surface area contributed by atoms with Crippen LogP contribution in [0.1, 0.15) is 17.8 Å². The topological polar surface area (TPSA) is 37.9 Å².